The van der Waals surface area contributed by atoms with Crippen LogP contribution in [0.25, 0.3) is 0 Å². The summed E-state index contributed by atoms with van der Waals surface area (Å²) in [7, 11) is 3.88. The molecule has 1 aromatic carbocycles. The van der Waals surface area contributed by atoms with E-state index >= 15 is 0 Å². The van der Waals surface area contributed by atoms with E-state index in [1.807, 2.05) is 13.0 Å². The summed E-state index contributed by atoms with van der Waals surface area (Å²) >= 11 is 0. The van der Waals surface area contributed by atoms with E-state index in [0.29, 0.717) is 18.8 Å². The monoisotopic (exact) mass is 322 g/mol. The summed E-state index contributed by atoms with van der Waals surface area (Å²) in [6.07, 6.45) is -0.538. The van der Waals surface area contributed by atoms with Gasteiger partial charge in [0.1, 0.15) is 5.69 Å². The Morgan fingerprint density at radius 1 is 1.35 bits per heavy atom. The second-order valence-electron chi connectivity index (χ2n) is 6.39. The number of nitrogens with zero attached hydrogens (tertiary/aromatic N) is 4. The van der Waals surface area contributed by atoms with E-state index in [9.17, 15) is 15.2 Å². The summed E-state index contributed by atoms with van der Waals surface area (Å²) in [5.41, 5.74) is 1.48. The van der Waals surface area contributed by atoms with E-state index in [1.165, 1.54) is 0 Å². The van der Waals surface area contributed by atoms with Crippen LogP contribution in [0.5, 0.6) is 0 Å². The van der Waals surface area contributed by atoms with E-state index in [4.69, 9.17) is 0 Å². The number of anilines is 1. The van der Waals surface area contributed by atoms with Crippen LogP contribution < -0.4 is 4.90 Å². The molecule has 0 spiro atoms. The van der Waals surface area contributed by atoms with Crippen LogP contribution in [0.4, 0.5) is 11.4 Å². The number of nitro groups is 1. The van der Waals surface area contributed by atoms with Gasteiger partial charge >= 0.3 is 0 Å². The first-order valence-electron chi connectivity index (χ1n) is 7.92. The molecule has 23 heavy (non-hydrogen) atoms. The van der Waals surface area contributed by atoms with Gasteiger partial charge in [0.05, 0.1) is 11.0 Å². The normalized spacial score (nSPS) is 17.9. The van der Waals surface area contributed by atoms with Crippen molar-refractivity contribution in [2.24, 2.45) is 0 Å². The SMILES string of the molecule is Cc1ccc(N(C)CC(O)CN2CCN(C)CC2)c([N+](=O)[O-])c1. The van der Waals surface area contributed by atoms with Crippen LogP contribution in [0, 0.1) is 17.0 Å². The molecule has 128 valence electrons. The minimum Gasteiger partial charge on any atom is -0.390 e. The number of nitro benzene ring substituents is 1. The number of likely N-dealkylation sites (N-methyl/N-ethyl adjacent to an activating group) is 2. The van der Waals surface area contributed by atoms with Crippen LogP contribution in [0.1, 0.15) is 5.56 Å². The van der Waals surface area contributed by atoms with Crippen molar-refractivity contribution in [3.8, 4) is 0 Å². The van der Waals surface area contributed by atoms with Crippen LogP contribution in [0.2, 0.25) is 0 Å². The molecule has 1 aliphatic rings. The van der Waals surface area contributed by atoms with Crippen LogP contribution >= 0.6 is 0 Å². The van der Waals surface area contributed by atoms with Gasteiger partial charge in [-0.1, -0.05) is 6.07 Å². The summed E-state index contributed by atoms with van der Waals surface area (Å²) in [6, 6.07) is 5.17. The van der Waals surface area contributed by atoms with Gasteiger partial charge in [-0.05, 0) is 25.6 Å². The number of β-amino-alcohol motifs (C(OH)–C–C–N with tert-alkyl or cyclic N) is 1. The van der Waals surface area contributed by atoms with Crippen molar-refractivity contribution in [3.63, 3.8) is 0 Å². The summed E-state index contributed by atoms with van der Waals surface area (Å²) in [5, 5.41) is 21.5. The van der Waals surface area contributed by atoms with Crippen LogP contribution in [0.3, 0.4) is 0 Å². The molecule has 7 heteroatoms. The third-order valence-electron chi connectivity index (χ3n) is 4.29. The van der Waals surface area contributed by atoms with Gasteiger partial charge in [0, 0.05) is 52.4 Å². The number of rotatable bonds is 6. The van der Waals surface area contributed by atoms with Gasteiger partial charge in [-0.15, -0.1) is 0 Å². The molecule has 0 saturated carbocycles. The average molecular weight is 322 g/mol. The molecule has 0 radical (unpaired) electrons. The first kappa shape index (κ1) is 17.7. The molecule has 1 fully saturated rings. The standard InChI is InChI=1S/C16H26N4O3/c1-13-4-5-15(16(10-13)20(22)23)18(3)11-14(21)12-19-8-6-17(2)7-9-19/h4-5,10,14,21H,6-9,11-12H2,1-3H3. The Morgan fingerprint density at radius 3 is 2.61 bits per heavy atom. The molecular weight excluding hydrogens is 296 g/mol. The van der Waals surface area contributed by atoms with Crippen molar-refractivity contribution < 1.29 is 10.0 Å². The van der Waals surface area contributed by atoms with Crippen molar-refractivity contribution in [3.05, 3.63) is 33.9 Å². The summed E-state index contributed by atoms with van der Waals surface area (Å²) in [5.74, 6) is 0. The zero-order valence-electron chi connectivity index (χ0n) is 14.1. The highest BCUT2D eigenvalue weighted by Gasteiger charge is 2.21. The fourth-order valence-electron chi connectivity index (χ4n) is 2.90. The van der Waals surface area contributed by atoms with E-state index in [1.54, 1.807) is 24.1 Å². The topological polar surface area (TPSA) is 73.1 Å². The number of aliphatic hydroxyl groups excluding tert-OH is 1. The lowest BCUT2D eigenvalue weighted by atomic mass is 10.1. The number of hydrogen-bond donors (Lipinski definition) is 1. The largest absolute Gasteiger partial charge is 0.390 e. The van der Waals surface area contributed by atoms with Gasteiger partial charge < -0.3 is 14.9 Å². The minimum atomic E-state index is -0.538. The molecule has 1 saturated heterocycles. The molecule has 1 unspecified atom stereocenters. The number of benzene rings is 1. The predicted octanol–water partition coefficient (Wildman–Crippen LogP) is 0.948. The summed E-state index contributed by atoms with van der Waals surface area (Å²) < 4.78 is 0. The van der Waals surface area contributed by atoms with Crippen molar-refractivity contribution in [1.82, 2.24) is 9.80 Å². The lowest BCUT2D eigenvalue weighted by molar-refractivity contribution is -0.384. The van der Waals surface area contributed by atoms with E-state index in [-0.39, 0.29) is 10.6 Å². The summed E-state index contributed by atoms with van der Waals surface area (Å²) in [4.78, 5) is 17.1. The third-order valence-corrected chi connectivity index (χ3v) is 4.29. The van der Waals surface area contributed by atoms with E-state index < -0.39 is 6.10 Å². The Balaban J connectivity index is 1.96. The van der Waals surface area contributed by atoms with E-state index in [2.05, 4.69) is 16.8 Å². The molecule has 1 aliphatic heterocycles. The zero-order valence-corrected chi connectivity index (χ0v) is 14.1. The zero-order chi connectivity index (χ0) is 17.0. The predicted molar refractivity (Wildman–Crippen MR) is 91.0 cm³/mol. The highest BCUT2D eigenvalue weighted by atomic mass is 16.6. The number of piperazine rings is 1. The molecule has 1 heterocycles. The Labute approximate surface area is 137 Å². The van der Waals surface area contributed by atoms with Crippen LogP contribution in [-0.2, 0) is 0 Å². The first-order valence-corrected chi connectivity index (χ1v) is 7.92. The Bertz CT molecular complexity index is 544. The highest BCUT2D eigenvalue weighted by molar-refractivity contribution is 5.63. The number of hydrogen-bond acceptors (Lipinski definition) is 6. The second-order valence-corrected chi connectivity index (χ2v) is 6.39. The van der Waals surface area contributed by atoms with Gasteiger partial charge in [-0.2, -0.15) is 0 Å². The molecule has 0 aromatic heterocycles. The van der Waals surface area contributed by atoms with Crippen molar-refractivity contribution in [1.29, 1.82) is 0 Å². The van der Waals surface area contributed by atoms with Crippen molar-refractivity contribution >= 4 is 11.4 Å². The maximum Gasteiger partial charge on any atom is 0.292 e. The molecule has 7 nitrogen and oxygen atoms in total. The van der Waals surface area contributed by atoms with Gasteiger partial charge in [-0.25, -0.2) is 0 Å². The third kappa shape index (κ3) is 4.89. The Kier molecular flexibility index (Phi) is 5.92. The maximum absolute atomic E-state index is 11.2. The maximum atomic E-state index is 11.2. The van der Waals surface area contributed by atoms with Crippen molar-refractivity contribution in [2.75, 3.05) is 58.3 Å². The summed E-state index contributed by atoms with van der Waals surface area (Å²) in [6.45, 7) is 6.70. The minimum absolute atomic E-state index is 0.0827. The smallest absolute Gasteiger partial charge is 0.292 e. The number of aliphatic hydroxyl groups is 1. The molecule has 2 rings (SSSR count). The molecule has 1 aromatic rings. The van der Waals surface area contributed by atoms with Crippen LogP contribution in [0.15, 0.2) is 18.2 Å². The number of aryl methyl sites for hydroxylation is 1. The van der Waals surface area contributed by atoms with Gasteiger partial charge in [0.15, 0.2) is 0 Å². The van der Waals surface area contributed by atoms with Gasteiger partial charge in [-0.3, -0.25) is 15.0 Å². The fraction of sp³-hybridized carbons (Fsp3) is 0.625. The average Bonchev–Trinajstić information content (AvgIpc) is 2.49. The molecular formula is C16H26N4O3. The van der Waals surface area contributed by atoms with E-state index in [0.717, 1.165) is 31.7 Å². The van der Waals surface area contributed by atoms with Gasteiger partial charge in [0.25, 0.3) is 5.69 Å². The van der Waals surface area contributed by atoms with Crippen molar-refractivity contribution in [2.45, 2.75) is 13.0 Å². The molecule has 1 N–H and O–H groups in total. The first-order chi connectivity index (χ1) is 10.9. The lowest BCUT2D eigenvalue weighted by Crippen LogP contribution is -2.48. The molecule has 1 atom stereocenters. The lowest BCUT2D eigenvalue weighted by Gasteiger charge is -2.34. The molecule has 0 aliphatic carbocycles. The molecule has 0 amide bonds. The highest BCUT2D eigenvalue weighted by Crippen LogP contribution is 2.28. The molecule has 0 bridgehead atoms. The Morgan fingerprint density at radius 2 is 2.00 bits per heavy atom. The van der Waals surface area contributed by atoms with Gasteiger partial charge in [0.2, 0.25) is 0 Å². The Hall–Kier alpha value is -1.70. The quantitative estimate of drug-likeness (QED) is 0.621. The van der Waals surface area contributed by atoms with Crippen LogP contribution in [-0.4, -0.2) is 79.3 Å². The second kappa shape index (κ2) is 7.72. The fourth-order valence-corrected chi connectivity index (χ4v) is 2.90.